The van der Waals surface area contributed by atoms with Gasteiger partial charge in [0.15, 0.2) is 0 Å². The van der Waals surface area contributed by atoms with Crippen molar-refractivity contribution in [1.29, 1.82) is 5.26 Å². The fourth-order valence-corrected chi connectivity index (χ4v) is 3.94. The SMILES string of the molecule is CCN1CC2=C(OC(N)=C(C#N)[C@@H]2c2ccccc2)/C(=C\c2ccccc2)C1. The number of allylic oxidation sites excluding steroid dienone is 1. The van der Waals surface area contributed by atoms with Crippen molar-refractivity contribution in [2.24, 2.45) is 5.73 Å². The van der Waals surface area contributed by atoms with Crippen molar-refractivity contribution >= 4 is 6.08 Å². The number of benzene rings is 2. The topological polar surface area (TPSA) is 62.3 Å². The standard InChI is InChI=1S/C24H23N3O/c1-2-27-15-19(13-17-9-5-3-6-10-17)23-21(16-27)22(18-11-7-4-8-12-18)20(14-25)24(26)28-23/h3-13,22H,2,15-16,26H2,1H3/b19-13-/t22-/m0/s1. The lowest BCUT2D eigenvalue weighted by Gasteiger charge is -2.38. The summed E-state index contributed by atoms with van der Waals surface area (Å²) in [7, 11) is 0. The molecular weight excluding hydrogens is 346 g/mol. The molecule has 1 atom stereocenters. The van der Waals surface area contributed by atoms with Crippen LogP contribution in [0.2, 0.25) is 0 Å². The second-order valence-corrected chi connectivity index (χ2v) is 7.07. The normalized spacial score (nSPS) is 21.3. The molecule has 4 heteroatoms. The Bertz CT molecular complexity index is 997. The lowest BCUT2D eigenvalue weighted by molar-refractivity contribution is 0.239. The molecule has 0 unspecified atom stereocenters. The molecule has 0 spiro atoms. The predicted octanol–water partition coefficient (Wildman–Crippen LogP) is 4.17. The van der Waals surface area contributed by atoms with E-state index in [1.54, 1.807) is 0 Å². The molecule has 2 N–H and O–H groups in total. The summed E-state index contributed by atoms with van der Waals surface area (Å²) in [5.74, 6) is 0.849. The minimum Gasteiger partial charge on any atom is -0.440 e. The fourth-order valence-electron chi connectivity index (χ4n) is 3.94. The summed E-state index contributed by atoms with van der Waals surface area (Å²) in [6, 6.07) is 22.6. The van der Waals surface area contributed by atoms with Crippen LogP contribution >= 0.6 is 0 Å². The highest BCUT2D eigenvalue weighted by molar-refractivity contribution is 5.63. The molecule has 0 saturated carbocycles. The Hall–Kier alpha value is -3.29. The van der Waals surface area contributed by atoms with Gasteiger partial charge in [0, 0.05) is 18.7 Å². The highest BCUT2D eigenvalue weighted by Crippen LogP contribution is 2.43. The van der Waals surface area contributed by atoms with Crippen molar-refractivity contribution in [1.82, 2.24) is 4.90 Å². The molecule has 4 rings (SSSR count). The minimum absolute atomic E-state index is 0.177. The summed E-state index contributed by atoms with van der Waals surface area (Å²) in [4.78, 5) is 2.36. The summed E-state index contributed by atoms with van der Waals surface area (Å²) in [6.45, 7) is 4.63. The molecule has 0 bridgehead atoms. The maximum atomic E-state index is 9.79. The van der Waals surface area contributed by atoms with Crippen molar-refractivity contribution in [2.75, 3.05) is 19.6 Å². The van der Waals surface area contributed by atoms with Crippen LogP contribution in [0.1, 0.15) is 24.0 Å². The van der Waals surface area contributed by atoms with Crippen LogP contribution in [0.3, 0.4) is 0 Å². The van der Waals surface area contributed by atoms with E-state index in [-0.39, 0.29) is 11.8 Å². The molecule has 0 saturated heterocycles. The van der Waals surface area contributed by atoms with Gasteiger partial charge in [-0.1, -0.05) is 67.6 Å². The average Bonchev–Trinajstić information content (AvgIpc) is 2.74. The van der Waals surface area contributed by atoms with Crippen molar-refractivity contribution in [3.8, 4) is 6.07 Å². The Labute approximate surface area is 165 Å². The Morgan fingerprint density at radius 3 is 2.43 bits per heavy atom. The van der Waals surface area contributed by atoms with Crippen LogP contribution in [0.15, 0.2) is 89.0 Å². The van der Waals surface area contributed by atoms with Crippen molar-refractivity contribution in [2.45, 2.75) is 12.8 Å². The summed E-state index contributed by atoms with van der Waals surface area (Å²) in [5, 5.41) is 9.79. The summed E-state index contributed by atoms with van der Waals surface area (Å²) >= 11 is 0. The van der Waals surface area contributed by atoms with Gasteiger partial charge < -0.3 is 10.5 Å². The third-order valence-corrected chi connectivity index (χ3v) is 5.33. The monoisotopic (exact) mass is 369 g/mol. The van der Waals surface area contributed by atoms with E-state index >= 15 is 0 Å². The predicted molar refractivity (Wildman–Crippen MR) is 111 cm³/mol. The molecule has 2 aliphatic heterocycles. The van der Waals surface area contributed by atoms with Crippen molar-refractivity contribution in [3.63, 3.8) is 0 Å². The molecule has 2 heterocycles. The highest BCUT2D eigenvalue weighted by Gasteiger charge is 2.37. The second-order valence-electron chi connectivity index (χ2n) is 7.07. The zero-order chi connectivity index (χ0) is 19.5. The van der Waals surface area contributed by atoms with E-state index in [4.69, 9.17) is 10.5 Å². The van der Waals surface area contributed by atoms with Gasteiger partial charge in [-0.3, -0.25) is 4.90 Å². The van der Waals surface area contributed by atoms with Gasteiger partial charge in [-0.2, -0.15) is 5.26 Å². The van der Waals surface area contributed by atoms with Gasteiger partial charge >= 0.3 is 0 Å². The van der Waals surface area contributed by atoms with Gasteiger partial charge in [-0.25, -0.2) is 0 Å². The molecule has 2 aromatic rings. The van der Waals surface area contributed by atoms with Gasteiger partial charge in [0.1, 0.15) is 17.4 Å². The molecular formula is C24H23N3O. The molecule has 0 amide bonds. The van der Waals surface area contributed by atoms with Gasteiger partial charge in [0.05, 0.1) is 5.92 Å². The van der Waals surface area contributed by atoms with E-state index in [0.717, 1.165) is 47.7 Å². The van der Waals surface area contributed by atoms with Gasteiger partial charge in [-0.15, -0.1) is 0 Å². The number of rotatable bonds is 3. The number of ether oxygens (including phenoxy) is 1. The lowest BCUT2D eigenvalue weighted by atomic mass is 9.80. The molecule has 0 aliphatic carbocycles. The zero-order valence-electron chi connectivity index (χ0n) is 15.9. The first-order valence-electron chi connectivity index (χ1n) is 9.55. The molecule has 0 aromatic heterocycles. The fraction of sp³-hybridized carbons (Fsp3) is 0.208. The third-order valence-electron chi connectivity index (χ3n) is 5.33. The summed E-state index contributed by atoms with van der Waals surface area (Å²) in [6.07, 6.45) is 2.16. The third kappa shape index (κ3) is 3.33. The maximum absolute atomic E-state index is 9.79. The Balaban J connectivity index is 1.87. The molecule has 4 nitrogen and oxygen atoms in total. The smallest absolute Gasteiger partial charge is 0.205 e. The molecule has 2 aromatic carbocycles. The summed E-state index contributed by atoms with van der Waals surface area (Å²) < 4.78 is 6.04. The first-order valence-corrected chi connectivity index (χ1v) is 9.55. The number of nitriles is 1. The number of nitrogens with two attached hydrogens (primary N) is 1. The lowest BCUT2D eigenvalue weighted by Crippen LogP contribution is -2.38. The maximum Gasteiger partial charge on any atom is 0.205 e. The molecule has 0 radical (unpaired) electrons. The van der Waals surface area contributed by atoms with Crippen LogP contribution in [0.4, 0.5) is 0 Å². The van der Waals surface area contributed by atoms with Crippen LogP contribution in [0.25, 0.3) is 6.08 Å². The van der Waals surface area contributed by atoms with E-state index in [2.05, 4.69) is 48.2 Å². The van der Waals surface area contributed by atoms with Crippen molar-refractivity contribution < 1.29 is 4.74 Å². The van der Waals surface area contributed by atoms with Crippen LogP contribution in [0, 0.1) is 11.3 Å². The van der Waals surface area contributed by atoms with Crippen LogP contribution in [-0.4, -0.2) is 24.5 Å². The second kappa shape index (κ2) is 7.75. The Kier molecular flexibility index (Phi) is 5.01. The number of hydrogen-bond acceptors (Lipinski definition) is 4. The Morgan fingerprint density at radius 1 is 1.11 bits per heavy atom. The molecule has 0 fully saturated rings. The number of nitrogens with zero attached hydrogens (tertiary/aromatic N) is 2. The van der Waals surface area contributed by atoms with E-state index in [0.29, 0.717) is 5.57 Å². The zero-order valence-corrected chi connectivity index (χ0v) is 15.9. The minimum atomic E-state index is -0.177. The largest absolute Gasteiger partial charge is 0.440 e. The highest BCUT2D eigenvalue weighted by atomic mass is 16.5. The molecule has 28 heavy (non-hydrogen) atoms. The molecule has 140 valence electrons. The first-order chi connectivity index (χ1) is 13.7. The number of likely N-dealkylation sites (N-methyl/N-ethyl adjacent to an activating group) is 1. The Morgan fingerprint density at radius 2 is 1.79 bits per heavy atom. The quantitative estimate of drug-likeness (QED) is 0.882. The van der Waals surface area contributed by atoms with E-state index in [1.807, 2.05) is 36.4 Å². The van der Waals surface area contributed by atoms with Gasteiger partial charge in [0.25, 0.3) is 0 Å². The van der Waals surface area contributed by atoms with Crippen LogP contribution < -0.4 is 5.73 Å². The van der Waals surface area contributed by atoms with E-state index < -0.39 is 0 Å². The average molecular weight is 369 g/mol. The van der Waals surface area contributed by atoms with Gasteiger partial charge in [0.2, 0.25) is 5.88 Å². The van der Waals surface area contributed by atoms with E-state index in [9.17, 15) is 5.26 Å². The van der Waals surface area contributed by atoms with Crippen LogP contribution in [-0.2, 0) is 4.74 Å². The first kappa shape index (κ1) is 18.1. The molecule has 2 aliphatic rings. The van der Waals surface area contributed by atoms with Crippen LogP contribution in [0.5, 0.6) is 0 Å². The van der Waals surface area contributed by atoms with E-state index in [1.165, 1.54) is 0 Å². The number of hydrogen-bond donors (Lipinski definition) is 1. The van der Waals surface area contributed by atoms with Crippen molar-refractivity contribution in [3.05, 3.63) is 100 Å². The van der Waals surface area contributed by atoms with Gasteiger partial charge in [-0.05, 0) is 29.3 Å². The summed E-state index contributed by atoms with van der Waals surface area (Å²) in [5.41, 5.74) is 11.1.